The van der Waals surface area contributed by atoms with Gasteiger partial charge in [0.15, 0.2) is 0 Å². The summed E-state index contributed by atoms with van der Waals surface area (Å²) in [4.78, 5) is 5.88. The zero-order valence-electron chi connectivity index (χ0n) is 49.5. The van der Waals surface area contributed by atoms with Gasteiger partial charge in [0.05, 0.1) is 5.69 Å². The number of allylic oxidation sites excluding steroid dienone is 8. The van der Waals surface area contributed by atoms with Crippen LogP contribution in [0.4, 0.5) is 11.4 Å². The maximum Gasteiger partial charge on any atom is 0.264 e. The number of anilines is 2. The minimum Gasteiger partial charge on any atom is -0.318 e. The van der Waals surface area contributed by atoms with Crippen LogP contribution in [-0.2, 0) is 19.7 Å². The molecule has 1 saturated carbocycles. The molecule has 6 aliphatic carbocycles. The first-order valence-corrected chi connectivity index (χ1v) is 31.5. The Morgan fingerprint density at radius 1 is 0.720 bits per heavy atom. The molecule has 0 N–H and O–H groups in total. The summed E-state index contributed by atoms with van der Waals surface area (Å²) in [6.07, 6.45) is 23.2. The van der Waals surface area contributed by atoms with E-state index in [1.54, 1.807) is 43.9 Å². The highest BCUT2D eigenvalue weighted by Crippen LogP contribution is 2.61. The Kier molecular flexibility index (Phi) is 12.0. The number of halogens is 1. The number of thiophene rings is 1. The zero-order valence-corrected chi connectivity index (χ0v) is 52.4. The van der Waals surface area contributed by atoms with E-state index in [-0.39, 0.29) is 54.5 Å². The Morgan fingerprint density at radius 2 is 1.36 bits per heavy atom. The molecule has 0 radical (unpaired) electrons. The summed E-state index contributed by atoms with van der Waals surface area (Å²) in [6, 6.07) is 20.8. The van der Waals surface area contributed by atoms with Crippen molar-refractivity contribution in [3.05, 3.63) is 141 Å². The SMILES string of the molecule is Cc1ccc(C2C[C@H]3C(C)CCC(C)(C)C3C=C2N2C3=C4B(c5cc6c(cc52)C(C)(C)CCC6(C)C)c2sc5cc6c(cc5c2N(C2=CCC(C(C)(C)C)C=C2)C4=CC(C(C)(C)C)C3C)C(C)(C)CCC6(C)I)cc1. The fraction of sp³-hybridized carbons (Fsp3) is 0.571. The van der Waals surface area contributed by atoms with Crippen molar-refractivity contribution < 1.29 is 0 Å². The predicted octanol–water partition coefficient (Wildman–Crippen LogP) is 18.8. The van der Waals surface area contributed by atoms with E-state index in [0.717, 1.165) is 6.42 Å². The van der Waals surface area contributed by atoms with Crippen LogP contribution in [0.2, 0.25) is 0 Å². The number of alkyl halides is 1. The summed E-state index contributed by atoms with van der Waals surface area (Å²) in [5, 5.41) is 1.45. The first kappa shape index (κ1) is 52.4. The second kappa shape index (κ2) is 17.1. The molecule has 5 heteroatoms. The lowest BCUT2D eigenvalue weighted by atomic mass is 9.33. The molecular weight excluding hydrogens is 1040 g/mol. The van der Waals surface area contributed by atoms with Crippen LogP contribution >= 0.6 is 33.9 Å². The largest absolute Gasteiger partial charge is 0.318 e. The lowest BCUT2D eigenvalue weighted by Crippen LogP contribution is -2.59. The number of fused-ring (bicyclic) bond motifs is 9. The molecule has 396 valence electrons. The second-order valence-electron chi connectivity index (χ2n) is 30.8. The third-order valence-electron chi connectivity index (χ3n) is 21.7. The molecule has 2 nitrogen and oxygen atoms in total. The van der Waals surface area contributed by atoms with Crippen molar-refractivity contribution in [3.63, 3.8) is 0 Å². The summed E-state index contributed by atoms with van der Waals surface area (Å²) in [5.41, 5.74) is 21.7. The van der Waals surface area contributed by atoms with Crippen LogP contribution in [0.1, 0.15) is 208 Å². The summed E-state index contributed by atoms with van der Waals surface area (Å²) in [5.74, 6) is 3.22. The number of aryl methyl sites for hydroxylation is 1. The fourth-order valence-electron chi connectivity index (χ4n) is 16.5. The van der Waals surface area contributed by atoms with Gasteiger partial charge in [-0.25, -0.2) is 0 Å². The van der Waals surface area contributed by atoms with E-state index in [9.17, 15) is 0 Å². The number of hydrogen-bond acceptors (Lipinski definition) is 3. The fourth-order valence-corrected chi connectivity index (χ4v) is 18.6. The third kappa shape index (κ3) is 8.13. The van der Waals surface area contributed by atoms with Gasteiger partial charge in [0.25, 0.3) is 6.71 Å². The first-order valence-electron chi connectivity index (χ1n) is 29.6. The van der Waals surface area contributed by atoms with Gasteiger partial charge in [-0.1, -0.05) is 194 Å². The van der Waals surface area contributed by atoms with Gasteiger partial charge in [0, 0.05) is 58.6 Å². The van der Waals surface area contributed by atoms with Crippen LogP contribution in [0.15, 0.2) is 107 Å². The average Bonchev–Trinajstić information content (AvgIpc) is 3.73. The first-order chi connectivity index (χ1) is 34.9. The van der Waals surface area contributed by atoms with Crippen molar-refractivity contribution in [1.29, 1.82) is 0 Å². The maximum atomic E-state index is 3.02. The minimum atomic E-state index is 0.0159. The van der Waals surface area contributed by atoms with Crippen molar-refractivity contribution >= 4 is 72.3 Å². The molecule has 2 aliphatic heterocycles. The standard InChI is InChI=1S/C70H90BIN2S/c1-40-19-21-43(22-20-40)47-33-46-41(2)27-28-66(10,11)50(46)37-56(47)74-57-38-53-52(67(12,13)29-30-68(53,14)15)35-55(57)71-60-58(36-49(65(7,8)9)42(3)61(60)74)73(45-25-23-44(24-26-45)64(4,5)6)62-48-34-51-54(39-59(48)75-63(62)71)70(18,72)32-31-69(51,16)17/h19-23,25-26,34-39,41-42,44,46-47,49-50H,24,27-33H2,1-18H3/t41?,42?,44?,46-,47?,49?,50?,70?/m0/s1. The van der Waals surface area contributed by atoms with Gasteiger partial charge in [0.1, 0.15) is 0 Å². The Balaban J connectivity index is 1.23. The van der Waals surface area contributed by atoms with Crippen molar-refractivity contribution in [3.8, 4) is 0 Å². The molecule has 8 atom stereocenters. The summed E-state index contributed by atoms with van der Waals surface area (Å²) in [6.45, 7) is 45.4. The summed E-state index contributed by atoms with van der Waals surface area (Å²) >= 11 is 4.95. The monoisotopic (exact) mass is 1130 g/mol. The van der Waals surface area contributed by atoms with Crippen LogP contribution in [0.3, 0.4) is 0 Å². The lowest BCUT2D eigenvalue weighted by Gasteiger charge is -2.56. The van der Waals surface area contributed by atoms with E-state index < -0.39 is 0 Å². The van der Waals surface area contributed by atoms with Gasteiger partial charge < -0.3 is 9.80 Å². The average molecular weight is 1130 g/mol. The maximum absolute atomic E-state index is 3.02. The van der Waals surface area contributed by atoms with E-state index in [1.165, 1.54) is 94.4 Å². The van der Waals surface area contributed by atoms with Crippen molar-refractivity contribution in [2.45, 2.75) is 202 Å². The Morgan fingerprint density at radius 3 is 1.99 bits per heavy atom. The Labute approximate surface area is 472 Å². The number of rotatable bonds is 3. The molecule has 8 aliphatic rings. The second-order valence-corrected chi connectivity index (χ2v) is 34.3. The minimum absolute atomic E-state index is 0.0159. The number of benzene rings is 3. The highest BCUT2D eigenvalue weighted by Gasteiger charge is 2.56. The molecule has 0 saturated heterocycles. The zero-order chi connectivity index (χ0) is 53.6. The van der Waals surface area contributed by atoms with Crippen LogP contribution in [-0.4, -0.2) is 6.71 Å². The van der Waals surface area contributed by atoms with E-state index >= 15 is 0 Å². The van der Waals surface area contributed by atoms with Gasteiger partial charge in [-0.2, -0.15) is 0 Å². The van der Waals surface area contributed by atoms with E-state index in [0.29, 0.717) is 29.6 Å². The molecule has 75 heavy (non-hydrogen) atoms. The normalized spacial score (nSPS) is 31.1. The highest BCUT2D eigenvalue weighted by atomic mass is 127. The van der Waals surface area contributed by atoms with Crippen molar-refractivity contribution in [1.82, 2.24) is 0 Å². The van der Waals surface area contributed by atoms with Crippen LogP contribution < -0.4 is 20.0 Å². The van der Waals surface area contributed by atoms with E-state index in [2.05, 4.69) is 247 Å². The van der Waals surface area contributed by atoms with Crippen LogP contribution in [0.25, 0.3) is 10.1 Å². The Hall–Kier alpha value is -3.29. The molecule has 0 spiro atoms. The van der Waals surface area contributed by atoms with Gasteiger partial charge in [-0.05, 0) is 190 Å². The molecule has 0 amide bonds. The topological polar surface area (TPSA) is 6.48 Å². The molecule has 4 aromatic rings. The predicted molar refractivity (Wildman–Crippen MR) is 335 cm³/mol. The van der Waals surface area contributed by atoms with Gasteiger partial charge in [0.2, 0.25) is 0 Å². The number of nitrogens with zero attached hydrogens (tertiary/aromatic N) is 2. The van der Waals surface area contributed by atoms with Gasteiger partial charge >= 0.3 is 0 Å². The van der Waals surface area contributed by atoms with Gasteiger partial charge in [-0.15, -0.1) is 11.3 Å². The van der Waals surface area contributed by atoms with Gasteiger partial charge in [-0.3, -0.25) is 0 Å². The molecule has 7 unspecified atom stereocenters. The molecule has 12 rings (SSSR count). The lowest BCUT2D eigenvalue weighted by molar-refractivity contribution is 0.0514. The van der Waals surface area contributed by atoms with E-state index in [4.69, 9.17) is 0 Å². The molecule has 1 fully saturated rings. The summed E-state index contributed by atoms with van der Waals surface area (Å²) in [7, 11) is 0. The van der Waals surface area contributed by atoms with E-state index in [1.807, 2.05) is 0 Å². The molecule has 3 heterocycles. The van der Waals surface area contributed by atoms with Crippen molar-refractivity contribution in [2.75, 3.05) is 9.80 Å². The van der Waals surface area contributed by atoms with Crippen molar-refractivity contribution in [2.24, 2.45) is 51.8 Å². The molecule has 0 bridgehead atoms. The number of hydrogen-bond donors (Lipinski definition) is 0. The summed E-state index contributed by atoms with van der Waals surface area (Å²) < 4.78 is 3.10. The molecule has 1 aromatic heterocycles. The third-order valence-corrected chi connectivity index (χ3v) is 24.1. The van der Waals surface area contributed by atoms with Crippen LogP contribution in [0.5, 0.6) is 0 Å². The Bertz CT molecular complexity index is 3200. The van der Waals surface area contributed by atoms with Crippen LogP contribution in [0, 0.1) is 58.7 Å². The molecular formula is C70H90BIN2S. The smallest absolute Gasteiger partial charge is 0.264 e. The highest BCUT2D eigenvalue weighted by molar-refractivity contribution is 14.1. The molecule has 3 aromatic carbocycles. The quantitative estimate of drug-likeness (QED) is 0.115.